The van der Waals surface area contributed by atoms with E-state index in [-0.39, 0.29) is 11.7 Å². The number of ether oxygens (including phenoxy) is 2. The fourth-order valence-corrected chi connectivity index (χ4v) is 3.42. The van der Waals surface area contributed by atoms with Gasteiger partial charge in [-0.1, -0.05) is 54.0 Å². The standard InChI is InChI=1S/C26H38O4/c1-9-19(4)24(27)20(5)15-18(3)12-10-11-17(2)13-14-22-16-23(29-7)26(30-8)25(28)21(22)6/h9-10,12-13,15,20,24,27H,11,14,16H2,1-8H3. The number of hydrogen-bond donors (Lipinski definition) is 1. The van der Waals surface area contributed by atoms with Gasteiger partial charge in [0, 0.05) is 17.9 Å². The topological polar surface area (TPSA) is 55.8 Å². The average molecular weight is 415 g/mol. The Labute approximate surface area is 182 Å². The normalized spacial score (nSPS) is 19.0. The summed E-state index contributed by atoms with van der Waals surface area (Å²) in [5.41, 5.74) is 5.18. The van der Waals surface area contributed by atoms with E-state index in [4.69, 9.17) is 9.47 Å². The van der Waals surface area contributed by atoms with Crippen molar-refractivity contribution in [1.82, 2.24) is 0 Å². The van der Waals surface area contributed by atoms with E-state index in [1.54, 1.807) is 7.11 Å². The van der Waals surface area contributed by atoms with E-state index in [1.165, 1.54) is 12.7 Å². The highest BCUT2D eigenvalue weighted by Gasteiger charge is 2.27. The first-order valence-electron chi connectivity index (χ1n) is 10.5. The second-order valence-electron chi connectivity index (χ2n) is 8.00. The van der Waals surface area contributed by atoms with Gasteiger partial charge in [-0.25, -0.2) is 0 Å². The number of hydrogen-bond acceptors (Lipinski definition) is 4. The van der Waals surface area contributed by atoms with Crippen molar-refractivity contribution in [3.05, 3.63) is 69.8 Å². The minimum Gasteiger partial charge on any atom is -0.497 e. The van der Waals surface area contributed by atoms with Crippen molar-refractivity contribution in [2.24, 2.45) is 5.92 Å². The number of allylic oxidation sites excluding steroid dienone is 8. The number of carbonyl (C=O) groups is 1. The summed E-state index contributed by atoms with van der Waals surface area (Å²) in [6, 6.07) is 0. The molecule has 0 aromatic carbocycles. The van der Waals surface area contributed by atoms with Crippen LogP contribution < -0.4 is 0 Å². The first-order valence-corrected chi connectivity index (χ1v) is 10.5. The fourth-order valence-electron chi connectivity index (χ4n) is 3.42. The van der Waals surface area contributed by atoms with E-state index in [1.807, 2.05) is 33.8 Å². The summed E-state index contributed by atoms with van der Waals surface area (Å²) in [6.07, 6.45) is 12.2. The zero-order valence-corrected chi connectivity index (χ0v) is 19.8. The van der Waals surface area contributed by atoms with Gasteiger partial charge in [0.1, 0.15) is 5.76 Å². The molecule has 0 radical (unpaired) electrons. The molecular weight excluding hydrogens is 376 g/mol. The van der Waals surface area contributed by atoms with E-state index in [0.717, 1.165) is 35.1 Å². The maximum absolute atomic E-state index is 12.4. The molecule has 2 unspecified atom stereocenters. The molecule has 1 N–H and O–H groups in total. The molecule has 30 heavy (non-hydrogen) atoms. The molecule has 0 aromatic heterocycles. The van der Waals surface area contributed by atoms with Gasteiger partial charge in [-0.05, 0) is 53.0 Å². The molecule has 0 aliphatic heterocycles. The van der Waals surface area contributed by atoms with Crippen LogP contribution in [0.3, 0.4) is 0 Å². The number of carbonyl (C=O) groups excluding carboxylic acids is 1. The average Bonchev–Trinajstić information content (AvgIpc) is 2.73. The molecule has 1 rings (SSSR count). The van der Waals surface area contributed by atoms with Gasteiger partial charge in [0.05, 0.1) is 20.3 Å². The van der Waals surface area contributed by atoms with Crippen LogP contribution in [-0.2, 0) is 14.3 Å². The summed E-state index contributed by atoms with van der Waals surface area (Å²) in [5.74, 6) is 0.890. The Bertz CT molecular complexity index is 803. The molecule has 0 bridgehead atoms. The van der Waals surface area contributed by atoms with Gasteiger partial charge in [-0.15, -0.1) is 0 Å². The first kappa shape index (κ1) is 25.7. The molecule has 4 heteroatoms. The van der Waals surface area contributed by atoms with Crippen molar-refractivity contribution in [1.29, 1.82) is 0 Å². The van der Waals surface area contributed by atoms with Crippen molar-refractivity contribution >= 4 is 5.78 Å². The van der Waals surface area contributed by atoms with E-state index in [9.17, 15) is 9.90 Å². The van der Waals surface area contributed by atoms with Gasteiger partial charge in [0.25, 0.3) is 0 Å². The van der Waals surface area contributed by atoms with Crippen LogP contribution in [0.25, 0.3) is 0 Å². The van der Waals surface area contributed by atoms with Gasteiger partial charge in [0.2, 0.25) is 11.5 Å². The Morgan fingerprint density at radius 2 is 1.87 bits per heavy atom. The van der Waals surface area contributed by atoms with Crippen molar-refractivity contribution in [3.63, 3.8) is 0 Å². The van der Waals surface area contributed by atoms with E-state index < -0.39 is 6.10 Å². The Balaban J connectivity index is 2.71. The smallest absolute Gasteiger partial charge is 0.226 e. The van der Waals surface area contributed by atoms with Crippen molar-refractivity contribution < 1.29 is 19.4 Å². The maximum Gasteiger partial charge on any atom is 0.226 e. The van der Waals surface area contributed by atoms with Crippen molar-refractivity contribution in [2.75, 3.05) is 14.2 Å². The Hall–Kier alpha value is -2.33. The summed E-state index contributed by atoms with van der Waals surface area (Å²) >= 11 is 0. The van der Waals surface area contributed by atoms with Gasteiger partial charge < -0.3 is 14.6 Å². The summed E-state index contributed by atoms with van der Waals surface area (Å²) in [4.78, 5) is 12.4. The molecule has 0 saturated heterocycles. The van der Waals surface area contributed by atoms with Crippen LogP contribution in [0.4, 0.5) is 0 Å². The zero-order chi connectivity index (χ0) is 22.8. The zero-order valence-electron chi connectivity index (χ0n) is 19.8. The number of Topliss-reactive ketones (excluding diaryl/α,β-unsaturated/α-hetero) is 1. The molecule has 0 saturated carbocycles. The summed E-state index contributed by atoms with van der Waals surface area (Å²) in [5, 5.41) is 10.3. The molecule has 0 fully saturated rings. The molecule has 166 valence electrons. The minimum absolute atomic E-state index is 0.0706. The van der Waals surface area contributed by atoms with Crippen LogP contribution in [0.2, 0.25) is 0 Å². The lowest BCUT2D eigenvalue weighted by molar-refractivity contribution is -0.115. The minimum atomic E-state index is -0.445. The van der Waals surface area contributed by atoms with E-state index >= 15 is 0 Å². The van der Waals surface area contributed by atoms with Crippen LogP contribution in [0.15, 0.2) is 69.8 Å². The quantitative estimate of drug-likeness (QED) is 0.353. The number of aliphatic hydroxyl groups excluding tert-OH is 1. The van der Waals surface area contributed by atoms with Gasteiger partial charge >= 0.3 is 0 Å². The van der Waals surface area contributed by atoms with Crippen LogP contribution in [-0.4, -0.2) is 31.2 Å². The third kappa shape index (κ3) is 7.17. The Morgan fingerprint density at radius 3 is 2.43 bits per heavy atom. The van der Waals surface area contributed by atoms with Gasteiger partial charge in [-0.2, -0.15) is 0 Å². The lowest BCUT2D eigenvalue weighted by Crippen LogP contribution is -2.17. The Kier molecular flexibility index (Phi) is 10.6. The van der Waals surface area contributed by atoms with Gasteiger partial charge in [-0.3, -0.25) is 4.79 Å². The third-order valence-electron chi connectivity index (χ3n) is 5.62. The molecule has 0 heterocycles. The van der Waals surface area contributed by atoms with Gasteiger partial charge in [0.15, 0.2) is 0 Å². The van der Waals surface area contributed by atoms with E-state index in [2.05, 4.69) is 38.2 Å². The van der Waals surface area contributed by atoms with Crippen LogP contribution in [0, 0.1) is 5.92 Å². The van der Waals surface area contributed by atoms with Crippen LogP contribution in [0.5, 0.6) is 0 Å². The number of rotatable bonds is 10. The highest BCUT2D eigenvalue weighted by atomic mass is 16.5. The lowest BCUT2D eigenvalue weighted by Gasteiger charge is -2.21. The van der Waals surface area contributed by atoms with E-state index in [0.29, 0.717) is 17.9 Å². The summed E-state index contributed by atoms with van der Waals surface area (Å²) < 4.78 is 10.6. The molecule has 1 aliphatic carbocycles. The van der Waals surface area contributed by atoms with Crippen molar-refractivity contribution in [2.45, 2.75) is 66.9 Å². The first-order chi connectivity index (χ1) is 14.2. The molecule has 0 aromatic rings. The SMILES string of the molecule is CC=C(C)C(O)C(C)C=C(C)C=CCC(C)=CCC1=C(C)C(=O)C(OC)=C(OC)C1. The van der Waals surface area contributed by atoms with Crippen LogP contribution in [0.1, 0.15) is 60.8 Å². The molecular formula is C26H38O4. The monoisotopic (exact) mass is 414 g/mol. The summed E-state index contributed by atoms with van der Waals surface area (Å²) in [7, 11) is 3.07. The lowest BCUT2D eigenvalue weighted by atomic mass is 9.91. The Morgan fingerprint density at radius 1 is 1.20 bits per heavy atom. The highest BCUT2D eigenvalue weighted by molar-refractivity contribution is 6.08. The number of ketones is 1. The number of aliphatic hydroxyl groups is 1. The highest BCUT2D eigenvalue weighted by Crippen LogP contribution is 2.30. The molecule has 4 nitrogen and oxygen atoms in total. The second-order valence-corrected chi connectivity index (χ2v) is 8.00. The summed E-state index contributed by atoms with van der Waals surface area (Å²) in [6.45, 7) is 11.9. The maximum atomic E-state index is 12.4. The molecule has 0 spiro atoms. The van der Waals surface area contributed by atoms with Crippen molar-refractivity contribution in [3.8, 4) is 0 Å². The predicted octanol–water partition coefficient (Wildman–Crippen LogP) is 5.97. The fraction of sp³-hybridized carbons (Fsp3) is 0.500. The molecule has 2 atom stereocenters. The predicted molar refractivity (Wildman–Crippen MR) is 124 cm³/mol. The molecule has 1 aliphatic rings. The molecule has 0 amide bonds. The van der Waals surface area contributed by atoms with Crippen LogP contribution >= 0.6 is 0 Å². The largest absolute Gasteiger partial charge is 0.497 e. The second kappa shape index (κ2) is 12.4. The number of methoxy groups -OCH3 is 2. The third-order valence-corrected chi connectivity index (χ3v) is 5.62.